The van der Waals surface area contributed by atoms with Crippen molar-refractivity contribution in [1.82, 2.24) is 9.31 Å². The zero-order valence-corrected chi connectivity index (χ0v) is 10.6. The first-order valence-corrected chi connectivity index (χ1v) is 7.35. The van der Waals surface area contributed by atoms with E-state index in [1.54, 1.807) is 5.01 Å². The summed E-state index contributed by atoms with van der Waals surface area (Å²) >= 11 is 0. The molecule has 1 saturated heterocycles. The van der Waals surface area contributed by atoms with Gasteiger partial charge in [-0.1, -0.05) is 30.3 Å². The maximum absolute atomic E-state index is 11.5. The van der Waals surface area contributed by atoms with Crippen LogP contribution in [0, 0.1) is 0 Å². The Hall–Kier alpha value is -0.950. The molecule has 94 valence electrons. The maximum Gasteiger partial charge on any atom is 0.211 e. The van der Waals surface area contributed by atoms with Gasteiger partial charge in [0.05, 0.1) is 12.3 Å². The fourth-order valence-corrected chi connectivity index (χ4v) is 2.87. The molecule has 5 nitrogen and oxygen atoms in total. The van der Waals surface area contributed by atoms with Gasteiger partial charge in [0.1, 0.15) is 0 Å². The van der Waals surface area contributed by atoms with Crippen LogP contribution in [0.3, 0.4) is 0 Å². The van der Waals surface area contributed by atoms with E-state index in [1.807, 2.05) is 30.3 Å². The van der Waals surface area contributed by atoms with Crippen molar-refractivity contribution in [3.63, 3.8) is 0 Å². The van der Waals surface area contributed by atoms with E-state index in [4.69, 9.17) is 5.84 Å². The van der Waals surface area contributed by atoms with Crippen LogP contribution in [0.5, 0.6) is 0 Å². The fraction of sp³-hybridized carbons (Fsp3) is 0.455. The van der Waals surface area contributed by atoms with Crippen molar-refractivity contribution in [3.05, 3.63) is 35.9 Å². The molecule has 0 aliphatic carbocycles. The zero-order chi connectivity index (χ0) is 12.5. The van der Waals surface area contributed by atoms with Crippen molar-refractivity contribution in [3.8, 4) is 0 Å². The Balaban J connectivity index is 2.22. The van der Waals surface area contributed by atoms with Gasteiger partial charge in [-0.15, -0.1) is 0 Å². The highest BCUT2D eigenvalue weighted by molar-refractivity contribution is 7.88. The summed E-state index contributed by atoms with van der Waals surface area (Å²) in [5, 5.41) is 1.71. The van der Waals surface area contributed by atoms with Crippen LogP contribution in [0.2, 0.25) is 0 Å². The highest BCUT2D eigenvalue weighted by Gasteiger charge is 2.30. The molecule has 1 heterocycles. The number of sulfonamides is 1. The van der Waals surface area contributed by atoms with Gasteiger partial charge in [-0.25, -0.2) is 13.4 Å². The number of rotatable bonds is 2. The molecule has 0 unspecified atom stereocenters. The SMILES string of the molecule is CS(=O)(=O)N1CCN(N)[C@@H](c2ccccc2)C1. The van der Waals surface area contributed by atoms with Gasteiger partial charge >= 0.3 is 0 Å². The largest absolute Gasteiger partial charge is 0.268 e. The second-order valence-electron chi connectivity index (χ2n) is 4.29. The summed E-state index contributed by atoms with van der Waals surface area (Å²) in [5.74, 6) is 5.93. The Morgan fingerprint density at radius 2 is 1.88 bits per heavy atom. The molecule has 0 spiro atoms. The van der Waals surface area contributed by atoms with E-state index < -0.39 is 10.0 Å². The number of nitrogens with zero attached hydrogens (tertiary/aromatic N) is 2. The van der Waals surface area contributed by atoms with Gasteiger partial charge in [0.25, 0.3) is 0 Å². The van der Waals surface area contributed by atoms with Crippen molar-refractivity contribution < 1.29 is 8.42 Å². The van der Waals surface area contributed by atoms with E-state index in [-0.39, 0.29) is 6.04 Å². The first-order chi connectivity index (χ1) is 7.98. The number of hydrogen-bond donors (Lipinski definition) is 1. The van der Waals surface area contributed by atoms with Gasteiger partial charge in [-0.2, -0.15) is 4.31 Å². The van der Waals surface area contributed by atoms with Crippen molar-refractivity contribution in [2.45, 2.75) is 6.04 Å². The fourth-order valence-electron chi connectivity index (χ4n) is 2.05. The van der Waals surface area contributed by atoms with Gasteiger partial charge in [0.15, 0.2) is 0 Å². The normalized spacial score (nSPS) is 23.8. The third kappa shape index (κ3) is 2.84. The molecule has 1 aromatic rings. The Morgan fingerprint density at radius 3 is 2.47 bits per heavy atom. The molecule has 0 saturated carbocycles. The lowest BCUT2D eigenvalue weighted by Gasteiger charge is -2.37. The Kier molecular flexibility index (Phi) is 3.48. The van der Waals surface area contributed by atoms with Crippen molar-refractivity contribution in [1.29, 1.82) is 0 Å². The first-order valence-electron chi connectivity index (χ1n) is 5.50. The molecule has 2 rings (SSSR count). The summed E-state index contributed by atoms with van der Waals surface area (Å²) < 4.78 is 24.6. The predicted octanol–water partition coefficient (Wildman–Crippen LogP) is 0.179. The monoisotopic (exact) mass is 255 g/mol. The second kappa shape index (κ2) is 4.73. The van der Waals surface area contributed by atoms with Crippen LogP contribution in [0.25, 0.3) is 0 Å². The third-order valence-electron chi connectivity index (χ3n) is 3.04. The predicted molar refractivity (Wildman–Crippen MR) is 66.5 cm³/mol. The molecule has 17 heavy (non-hydrogen) atoms. The number of hydrogen-bond acceptors (Lipinski definition) is 4. The second-order valence-corrected chi connectivity index (χ2v) is 6.27. The van der Waals surface area contributed by atoms with E-state index in [2.05, 4.69) is 0 Å². The third-order valence-corrected chi connectivity index (χ3v) is 4.31. The molecule has 0 radical (unpaired) electrons. The van der Waals surface area contributed by atoms with Crippen LogP contribution < -0.4 is 5.84 Å². The lowest BCUT2D eigenvalue weighted by Crippen LogP contribution is -2.52. The van der Waals surface area contributed by atoms with E-state index in [0.29, 0.717) is 19.6 Å². The average Bonchev–Trinajstić information content (AvgIpc) is 2.29. The summed E-state index contributed by atoms with van der Waals surface area (Å²) in [6, 6.07) is 9.67. The summed E-state index contributed by atoms with van der Waals surface area (Å²) in [4.78, 5) is 0. The minimum Gasteiger partial charge on any atom is -0.268 e. The molecule has 1 aliphatic heterocycles. The van der Waals surface area contributed by atoms with Crippen LogP contribution in [0.4, 0.5) is 0 Å². The van der Waals surface area contributed by atoms with Crippen LogP contribution in [-0.2, 0) is 10.0 Å². The van der Waals surface area contributed by atoms with Crippen LogP contribution >= 0.6 is 0 Å². The lowest BCUT2D eigenvalue weighted by atomic mass is 10.1. The Morgan fingerprint density at radius 1 is 1.24 bits per heavy atom. The summed E-state index contributed by atoms with van der Waals surface area (Å²) in [6.45, 7) is 1.42. The van der Waals surface area contributed by atoms with Crippen LogP contribution in [-0.4, -0.2) is 43.6 Å². The average molecular weight is 255 g/mol. The molecule has 1 fully saturated rings. The molecule has 6 heteroatoms. The van der Waals surface area contributed by atoms with Crippen molar-refractivity contribution in [2.75, 3.05) is 25.9 Å². The first kappa shape index (κ1) is 12.5. The van der Waals surface area contributed by atoms with Gasteiger partial charge in [0.2, 0.25) is 10.0 Å². The van der Waals surface area contributed by atoms with Crippen molar-refractivity contribution >= 4 is 10.0 Å². The van der Waals surface area contributed by atoms with Gasteiger partial charge in [-0.3, -0.25) is 5.84 Å². The van der Waals surface area contributed by atoms with E-state index >= 15 is 0 Å². The smallest absolute Gasteiger partial charge is 0.211 e. The molecule has 1 aliphatic rings. The topological polar surface area (TPSA) is 66.6 Å². The van der Waals surface area contributed by atoms with Crippen LogP contribution in [0.15, 0.2) is 30.3 Å². The summed E-state index contributed by atoms with van der Waals surface area (Å²) in [7, 11) is -3.14. The molecular formula is C11H17N3O2S. The van der Waals surface area contributed by atoms with E-state index in [1.165, 1.54) is 10.6 Å². The quantitative estimate of drug-likeness (QED) is 0.766. The highest BCUT2D eigenvalue weighted by atomic mass is 32.2. The highest BCUT2D eigenvalue weighted by Crippen LogP contribution is 2.23. The van der Waals surface area contributed by atoms with Gasteiger partial charge in [0, 0.05) is 19.6 Å². The number of hydrazine groups is 1. The van der Waals surface area contributed by atoms with Crippen LogP contribution in [0.1, 0.15) is 11.6 Å². The maximum atomic E-state index is 11.5. The van der Waals surface area contributed by atoms with E-state index in [9.17, 15) is 8.42 Å². The minimum atomic E-state index is -3.14. The Bertz CT molecular complexity index is 475. The standard InChI is InChI=1S/C11H17N3O2S/c1-17(15,16)13-7-8-14(12)11(9-13)10-5-3-2-4-6-10/h2-6,11H,7-9,12H2,1H3/t11-/m1/s1. The van der Waals surface area contributed by atoms with E-state index in [0.717, 1.165) is 5.56 Å². The van der Waals surface area contributed by atoms with Gasteiger partial charge < -0.3 is 0 Å². The molecular weight excluding hydrogens is 238 g/mol. The number of benzene rings is 1. The molecule has 0 bridgehead atoms. The van der Waals surface area contributed by atoms with Gasteiger partial charge in [-0.05, 0) is 5.56 Å². The van der Waals surface area contributed by atoms with Crippen molar-refractivity contribution in [2.24, 2.45) is 5.84 Å². The molecule has 1 atom stereocenters. The minimum absolute atomic E-state index is 0.0697. The number of piperazine rings is 1. The Labute approximate surface area is 102 Å². The number of nitrogens with two attached hydrogens (primary N) is 1. The summed E-state index contributed by atoms with van der Waals surface area (Å²) in [5.41, 5.74) is 1.04. The molecule has 2 N–H and O–H groups in total. The summed E-state index contributed by atoms with van der Waals surface area (Å²) in [6.07, 6.45) is 1.24. The zero-order valence-electron chi connectivity index (χ0n) is 9.78. The lowest BCUT2D eigenvalue weighted by molar-refractivity contribution is 0.120. The molecule has 1 aromatic carbocycles. The molecule has 0 aromatic heterocycles. The molecule has 0 amide bonds.